The fourth-order valence-electron chi connectivity index (χ4n) is 1.38. The molecule has 0 aromatic heterocycles. The zero-order valence-corrected chi connectivity index (χ0v) is 8.21. The molecule has 1 saturated heterocycles. The first kappa shape index (κ1) is 11.0. The summed E-state index contributed by atoms with van der Waals surface area (Å²) in [6, 6.07) is 0. The van der Waals surface area contributed by atoms with Crippen LogP contribution in [0.1, 0.15) is 6.42 Å². The van der Waals surface area contributed by atoms with Crippen LogP contribution in [0.4, 0.5) is 0 Å². The van der Waals surface area contributed by atoms with Gasteiger partial charge in [0.25, 0.3) is 0 Å². The van der Waals surface area contributed by atoms with E-state index in [1.54, 1.807) is 0 Å². The van der Waals surface area contributed by atoms with Gasteiger partial charge in [-0.1, -0.05) is 5.92 Å². The number of ether oxygens (including phenoxy) is 1. The molecule has 2 N–H and O–H groups in total. The Morgan fingerprint density at radius 1 is 1.71 bits per heavy atom. The third-order valence-electron chi connectivity index (χ3n) is 2.14. The van der Waals surface area contributed by atoms with Crippen LogP contribution in [0, 0.1) is 18.3 Å². The van der Waals surface area contributed by atoms with Crippen molar-refractivity contribution >= 4 is 5.91 Å². The number of hydrogen-bond acceptors (Lipinski definition) is 3. The molecule has 0 aromatic carbocycles. The second-order valence-electron chi connectivity index (χ2n) is 3.35. The standard InChI is InChI=1S/C10H16N2O2/c1-2-4-12-10(13)8-14-7-9-3-5-11-6-9/h1,9,11H,3-8H2,(H,12,13). The van der Waals surface area contributed by atoms with Gasteiger partial charge in [0, 0.05) is 6.54 Å². The van der Waals surface area contributed by atoms with Crippen molar-refractivity contribution in [3.63, 3.8) is 0 Å². The van der Waals surface area contributed by atoms with Gasteiger partial charge in [-0.2, -0.15) is 0 Å². The van der Waals surface area contributed by atoms with Crippen LogP contribution in [0.5, 0.6) is 0 Å². The summed E-state index contributed by atoms with van der Waals surface area (Å²) in [6.07, 6.45) is 6.12. The summed E-state index contributed by atoms with van der Waals surface area (Å²) in [7, 11) is 0. The van der Waals surface area contributed by atoms with Gasteiger partial charge < -0.3 is 15.4 Å². The number of amides is 1. The SMILES string of the molecule is C#CCNC(=O)COCC1CCNC1. The van der Waals surface area contributed by atoms with Gasteiger partial charge >= 0.3 is 0 Å². The van der Waals surface area contributed by atoms with Crippen molar-refractivity contribution in [2.24, 2.45) is 5.92 Å². The van der Waals surface area contributed by atoms with Crippen molar-refractivity contribution < 1.29 is 9.53 Å². The lowest BCUT2D eigenvalue weighted by Crippen LogP contribution is -2.28. The van der Waals surface area contributed by atoms with E-state index >= 15 is 0 Å². The summed E-state index contributed by atoms with van der Waals surface area (Å²) in [5.41, 5.74) is 0. The largest absolute Gasteiger partial charge is 0.371 e. The maximum absolute atomic E-state index is 11.0. The number of rotatable bonds is 5. The molecule has 1 heterocycles. The van der Waals surface area contributed by atoms with Gasteiger partial charge in [-0.25, -0.2) is 0 Å². The monoisotopic (exact) mass is 196 g/mol. The van der Waals surface area contributed by atoms with E-state index in [1.165, 1.54) is 0 Å². The van der Waals surface area contributed by atoms with Crippen molar-refractivity contribution in [2.75, 3.05) is 32.8 Å². The molecule has 1 atom stereocenters. The molecule has 1 rings (SSSR count). The fourth-order valence-corrected chi connectivity index (χ4v) is 1.38. The average molecular weight is 196 g/mol. The summed E-state index contributed by atoms with van der Waals surface area (Å²) in [6.45, 7) is 3.07. The van der Waals surface area contributed by atoms with E-state index in [2.05, 4.69) is 16.6 Å². The molecular weight excluding hydrogens is 180 g/mol. The van der Waals surface area contributed by atoms with Crippen LogP contribution >= 0.6 is 0 Å². The first-order valence-electron chi connectivity index (χ1n) is 4.81. The summed E-state index contributed by atoms with van der Waals surface area (Å²) in [5.74, 6) is 2.74. The van der Waals surface area contributed by atoms with Crippen LogP contribution in [0.3, 0.4) is 0 Å². The Morgan fingerprint density at radius 3 is 3.21 bits per heavy atom. The number of nitrogens with one attached hydrogen (secondary N) is 2. The highest BCUT2D eigenvalue weighted by Gasteiger charge is 2.14. The van der Waals surface area contributed by atoms with Crippen molar-refractivity contribution in [3.8, 4) is 12.3 Å². The van der Waals surface area contributed by atoms with Crippen LogP contribution in [-0.4, -0.2) is 38.8 Å². The quantitative estimate of drug-likeness (QED) is 0.575. The summed E-state index contributed by atoms with van der Waals surface area (Å²) in [4.78, 5) is 11.0. The molecule has 0 saturated carbocycles. The smallest absolute Gasteiger partial charge is 0.246 e. The van der Waals surface area contributed by atoms with Crippen molar-refractivity contribution in [1.82, 2.24) is 10.6 Å². The number of carbonyl (C=O) groups excluding carboxylic acids is 1. The second kappa shape index (κ2) is 6.41. The van der Waals surface area contributed by atoms with E-state index in [4.69, 9.17) is 11.2 Å². The number of carbonyl (C=O) groups is 1. The van der Waals surface area contributed by atoms with E-state index in [0.717, 1.165) is 19.5 Å². The van der Waals surface area contributed by atoms with Gasteiger partial charge in [-0.05, 0) is 18.9 Å². The molecule has 14 heavy (non-hydrogen) atoms. The molecule has 4 nitrogen and oxygen atoms in total. The minimum absolute atomic E-state index is 0.109. The topological polar surface area (TPSA) is 50.4 Å². The predicted molar refractivity (Wildman–Crippen MR) is 53.6 cm³/mol. The van der Waals surface area contributed by atoms with Crippen LogP contribution in [0.2, 0.25) is 0 Å². The molecular formula is C10H16N2O2. The minimum Gasteiger partial charge on any atom is -0.371 e. The van der Waals surface area contributed by atoms with Gasteiger partial charge in [-0.15, -0.1) is 6.42 Å². The molecule has 78 valence electrons. The van der Waals surface area contributed by atoms with Gasteiger partial charge in [0.05, 0.1) is 13.2 Å². The lowest BCUT2D eigenvalue weighted by Gasteiger charge is -2.08. The van der Waals surface area contributed by atoms with Gasteiger partial charge in [0.1, 0.15) is 6.61 Å². The second-order valence-corrected chi connectivity index (χ2v) is 3.35. The Kier molecular flexibility index (Phi) is 5.05. The fraction of sp³-hybridized carbons (Fsp3) is 0.700. The summed E-state index contributed by atoms with van der Waals surface area (Å²) in [5, 5.41) is 5.78. The first-order valence-corrected chi connectivity index (χ1v) is 4.81. The summed E-state index contributed by atoms with van der Waals surface area (Å²) < 4.78 is 5.26. The average Bonchev–Trinajstić information content (AvgIpc) is 2.67. The lowest BCUT2D eigenvalue weighted by molar-refractivity contribution is -0.125. The van der Waals surface area contributed by atoms with Crippen molar-refractivity contribution in [1.29, 1.82) is 0 Å². The zero-order chi connectivity index (χ0) is 10.2. The molecule has 4 heteroatoms. The highest BCUT2D eigenvalue weighted by atomic mass is 16.5. The first-order chi connectivity index (χ1) is 6.83. The molecule has 1 amide bonds. The maximum Gasteiger partial charge on any atom is 0.246 e. The third-order valence-corrected chi connectivity index (χ3v) is 2.14. The molecule has 1 aliphatic heterocycles. The Bertz CT molecular complexity index is 217. The Balaban J connectivity index is 1.97. The molecule has 1 fully saturated rings. The highest BCUT2D eigenvalue weighted by Crippen LogP contribution is 2.06. The number of hydrogen-bond donors (Lipinski definition) is 2. The van der Waals surface area contributed by atoms with Crippen LogP contribution in [0.25, 0.3) is 0 Å². The molecule has 1 aliphatic rings. The van der Waals surface area contributed by atoms with Gasteiger partial charge in [-0.3, -0.25) is 4.79 Å². The Labute approximate surface area is 84.4 Å². The molecule has 0 radical (unpaired) electrons. The zero-order valence-electron chi connectivity index (χ0n) is 8.21. The maximum atomic E-state index is 11.0. The number of terminal acetylenes is 1. The molecule has 0 bridgehead atoms. The summed E-state index contributed by atoms with van der Waals surface area (Å²) >= 11 is 0. The van der Waals surface area contributed by atoms with Crippen LogP contribution in [0.15, 0.2) is 0 Å². The van der Waals surface area contributed by atoms with Crippen molar-refractivity contribution in [2.45, 2.75) is 6.42 Å². The molecule has 1 unspecified atom stereocenters. The van der Waals surface area contributed by atoms with E-state index in [9.17, 15) is 4.79 Å². The van der Waals surface area contributed by atoms with E-state index in [0.29, 0.717) is 12.5 Å². The molecule has 0 aliphatic carbocycles. The molecule has 0 spiro atoms. The van der Waals surface area contributed by atoms with E-state index < -0.39 is 0 Å². The Morgan fingerprint density at radius 2 is 2.57 bits per heavy atom. The van der Waals surface area contributed by atoms with Crippen LogP contribution in [-0.2, 0) is 9.53 Å². The van der Waals surface area contributed by atoms with Gasteiger partial charge in [0.15, 0.2) is 0 Å². The van der Waals surface area contributed by atoms with E-state index in [-0.39, 0.29) is 19.1 Å². The van der Waals surface area contributed by atoms with Gasteiger partial charge in [0.2, 0.25) is 5.91 Å². The van der Waals surface area contributed by atoms with E-state index in [1.807, 2.05) is 0 Å². The predicted octanol–water partition coefficient (Wildman–Crippen LogP) is -0.638. The normalized spacial score (nSPS) is 20.4. The van der Waals surface area contributed by atoms with Crippen molar-refractivity contribution in [3.05, 3.63) is 0 Å². The third kappa shape index (κ3) is 4.26. The highest BCUT2D eigenvalue weighted by molar-refractivity contribution is 5.77. The molecule has 0 aromatic rings. The Hall–Kier alpha value is -1.05. The lowest BCUT2D eigenvalue weighted by atomic mass is 10.1. The minimum atomic E-state index is -0.145. The van der Waals surface area contributed by atoms with Crippen LogP contribution < -0.4 is 10.6 Å².